The molecule has 0 saturated heterocycles. The molecule has 0 amide bonds. The van der Waals surface area contributed by atoms with Crippen LogP contribution in [0.1, 0.15) is 33.4 Å². The van der Waals surface area contributed by atoms with Crippen LogP contribution >= 0.6 is 7.55 Å². The maximum Gasteiger partial charge on any atom is 0.200 e. The summed E-state index contributed by atoms with van der Waals surface area (Å²) < 4.78 is 233. The van der Waals surface area contributed by atoms with Crippen molar-refractivity contribution in [3.8, 4) is 0 Å². The van der Waals surface area contributed by atoms with Crippen LogP contribution in [0.25, 0.3) is 0 Å². The van der Waals surface area contributed by atoms with E-state index in [0.29, 0.717) is 11.1 Å². The number of hydrogen-bond acceptors (Lipinski definition) is 0. The highest BCUT2D eigenvalue weighted by Gasteiger charge is 2.50. The van der Waals surface area contributed by atoms with Gasteiger partial charge < -0.3 is 0 Å². The molecule has 0 bridgehead atoms. The Morgan fingerprint density at radius 2 is 0.519 bits per heavy atom. The van der Waals surface area contributed by atoms with E-state index in [4.69, 9.17) is 0 Å². The molecule has 0 aliphatic rings. The first-order chi connectivity index (χ1) is 25.0. The third-order valence-corrected chi connectivity index (χ3v) is 12.3. The van der Waals surface area contributed by atoms with Crippen molar-refractivity contribution in [1.82, 2.24) is 0 Å². The average Bonchev–Trinajstić information content (AvgIpc) is 3.09. The molecule has 284 valence electrons. The molecule has 0 aliphatic heterocycles. The van der Waals surface area contributed by atoms with Crippen LogP contribution in [0.3, 0.4) is 0 Å². The summed E-state index contributed by atoms with van der Waals surface area (Å²) >= 11 is 0. The van der Waals surface area contributed by atoms with Crippen molar-refractivity contribution < 1.29 is 65.9 Å². The first kappa shape index (κ1) is 40.5. The molecular weight excluding hydrogens is 771 g/mol. The van der Waals surface area contributed by atoms with Gasteiger partial charge in [-0.1, -0.05) is 41.1 Å². The van der Waals surface area contributed by atoms with Crippen molar-refractivity contribution in [2.75, 3.05) is 0 Å². The van der Waals surface area contributed by atoms with Gasteiger partial charge in [0.2, 0.25) is 0 Å². The third-order valence-electron chi connectivity index (χ3n) is 9.22. The number of aryl methyl sites for hydroxylation is 6. The lowest BCUT2D eigenvalue weighted by molar-refractivity contribution is 0.380. The van der Waals surface area contributed by atoms with Gasteiger partial charge in [-0.05, 0) is 63.8 Å². The molecule has 0 unspecified atom stereocenters. The molecule has 0 spiro atoms. The van der Waals surface area contributed by atoms with Crippen LogP contribution in [0, 0.1) is 129 Å². The van der Waals surface area contributed by atoms with Gasteiger partial charge in [-0.25, -0.2) is 65.9 Å². The molecule has 0 fully saturated rings. The van der Waals surface area contributed by atoms with E-state index in [1.54, 1.807) is 13.8 Å². The Morgan fingerprint density at radius 1 is 0.333 bits per heavy atom. The monoisotopic (exact) mass is 794 g/mol. The van der Waals surface area contributed by atoms with E-state index >= 15 is 52.7 Å². The predicted octanol–water partition coefficient (Wildman–Crippen LogP) is 8.57. The van der Waals surface area contributed by atoms with Crippen LogP contribution in [0.2, 0.25) is 0 Å². The number of halogens is 15. The van der Waals surface area contributed by atoms with Crippen molar-refractivity contribution in [2.45, 2.75) is 41.5 Å². The molecule has 0 aliphatic carbocycles. The topological polar surface area (TPSA) is 0 Å². The van der Waals surface area contributed by atoms with Gasteiger partial charge in [-0.3, -0.25) is 0 Å². The fourth-order valence-electron chi connectivity index (χ4n) is 7.31. The van der Waals surface area contributed by atoms with Gasteiger partial charge in [0.15, 0.2) is 69.1 Å². The number of rotatable bonds is 6. The molecule has 5 rings (SSSR count). The zero-order chi connectivity index (χ0) is 40.6. The van der Waals surface area contributed by atoms with E-state index in [2.05, 4.69) is 0 Å². The summed E-state index contributed by atoms with van der Waals surface area (Å²) in [5.74, 6) is -45.4. The van der Waals surface area contributed by atoms with E-state index < -0.39 is 117 Å². The normalized spacial score (nSPS) is 11.8. The molecule has 0 atom stereocenters. The molecule has 0 aromatic heterocycles. The Bertz CT molecular complexity index is 2110. The lowest BCUT2D eigenvalue weighted by atomic mass is 9.16. The van der Waals surface area contributed by atoms with Crippen LogP contribution in [-0.2, 0) is 0 Å². The first-order valence-corrected chi connectivity index (χ1v) is 17.0. The summed E-state index contributed by atoms with van der Waals surface area (Å²) in [6.07, 6.45) is -5.89. The maximum absolute atomic E-state index is 16.3. The van der Waals surface area contributed by atoms with E-state index in [9.17, 15) is 13.2 Å². The predicted molar refractivity (Wildman–Crippen MR) is 177 cm³/mol. The minimum Gasteiger partial charge on any atom is -0.207 e. The van der Waals surface area contributed by atoms with E-state index in [1.807, 2.05) is 0 Å². The van der Waals surface area contributed by atoms with Gasteiger partial charge in [0.25, 0.3) is 0 Å². The molecule has 5 aromatic carbocycles. The summed E-state index contributed by atoms with van der Waals surface area (Å²) in [7, 11) is -2.99. The zero-order valence-electron chi connectivity index (χ0n) is 28.6. The smallest absolute Gasteiger partial charge is 0.200 e. The quantitative estimate of drug-likeness (QED) is 0.0532. The highest BCUT2D eigenvalue weighted by molar-refractivity contribution is 7.78. The molecular formula is C37H23BF15P. The standard InChI is InChI=1S/C37H23BF15P/c1-12-7-14(3)36(15(4)8-12)54(37-16(5)9-13(2)10-17(37)6)11-38(18-21(39)27(45)33(51)28(46)22(18)40,19-23(41)29(47)34(52)30(48)24(19)42)20-25(43)31(49)35(53)32(50)26(20)44/h7-11H,1-6H3. The van der Waals surface area contributed by atoms with Gasteiger partial charge in [-0.2, -0.15) is 0 Å². The Labute approximate surface area is 298 Å². The summed E-state index contributed by atoms with van der Waals surface area (Å²) in [4.78, 5) is 0. The van der Waals surface area contributed by atoms with E-state index in [-0.39, 0.29) is 38.6 Å². The van der Waals surface area contributed by atoms with Crippen LogP contribution in [-0.4, -0.2) is 11.8 Å². The summed E-state index contributed by atoms with van der Waals surface area (Å²) in [6.45, 7) is 8.88. The van der Waals surface area contributed by atoms with Crippen molar-refractivity contribution in [1.29, 1.82) is 0 Å². The molecule has 0 nitrogen and oxygen atoms in total. The van der Waals surface area contributed by atoms with E-state index in [1.165, 1.54) is 52.0 Å². The third kappa shape index (κ3) is 5.97. The first-order valence-electron chi connectivity index (χ1n) is 15.5. The lowest BCUT2D eigenvalue weighted by Crippen LogP contribution is -2.74. The molecule has 0 radical (unpaired) electrons. The second kappa shape index (κ2) is 14.2. The van der Waals surface area contributed by atoms with Crippen molar-refractivity contribution in [2.24, 2.45) is 0 Å². The van der Waals surface area contributed by atoms with Crippen molar-refractivity contribution in [3.05, 3.63) is 145 Å². The van der Waals surface area contributed by atoms with Crippen molar-refractivity contribution >= 4 is 46.4 Å². The van der Waals surface area contributed by atoms with Gasteiger partial charge in [0.1, 0.15) is 42.4 Å². The Morgan fingerprint density at radius 3 is 0.722 bits per heavy atom. The SMILES string of the molecule is Cc1cc(C)c([P+](=C[B-](c2c(F)c(F)c(F)c(F)c2F)(c2c(F)c(F)c(F)c(F)c2F)c2c(F)c(F)c(F)c(F)c2F)c2c(C)cc(C)cc2C)c(C)c1. The molecule has 0 saturated carbocycles. The second-order valence-corrected chi connectivity index (χ2v) is 14.8. The lowest BCUT2D eigenvalue weighted by Gasteiger charge is -2.39. The molecule has 5 aromatic rings. The van der Waals surface area contributed by atoms with Gasteiger partial charge in [-0.15, -0.1) is 16.4 Å². The summed E-state index contributed by atoms with van der Waals surface area (Å²) in [5.41, 5.74) is -5.82. The van der Waals surface area contributed by atoms with Gasteiger partial charge in [0, 0.05) is 0 Å². The minimum atomic E-state index is -5.89. The molecule has 0 N–H and O–H groups in total. The Balaban J connectivity index is 2.36. The fourth-order valence-corrected chi connectivity index (χ4v) is 10.5. The molecule has 17 heteroatoms. The Kier molecular flexibility index (Phi) is 10.6. The molecule has 54 heavy (non-hydrogen) atoms. The number of benzene rings is 5. The van der Waals surface area contributed by atoms with Crippen LogP contribution in [0.15, 0.2) is 24.3 Å². The average molecular weight is 794 g/mol. The van der Waals surface area contributed by atoms with E-state index in [0.717, 1.165) is 0 Å². The van der Waals surface area contributed by atoms with Crippen LogP contribution in [0.4, 0.5) is 65.9 Å². The minimum absolute atomic E-state index is 0.00600. The molecule has 0 heterocycles. The van der Waals surface area contributed by atoms with Gasteiger partial charge >= 0.3 is 0 Å². The largest absolute Gasteiger partial charge is 0.207 e. The summed E-state index contributed by atoms with van der Waals surface area (Å²) in [6, 6.07) is 5.92. The highest BCUT2D eigenvalue weighted by Crippen LogP contribution is 2.35. The maximum atomic E-state index is 16.3. The van der Waals surface area contributed by atoms with Crippen molar-refractivity contribution in [3.63, 3.8) is 0 Å². The second-order valence-electron chi connectivity index (χ2n) is 12.9. The fraction of sp³-hybridized carbons (Fsp3) is 0.162. The Hall–Kier alpha value is -4.72. The van der Waals surface area contributed by atoms with Crippen LogP contribution in [0.5, 0.6) is 0 Å². The summed E-state index contributed by atoms with van der Waals surface area (Å²) in [5, 5.41) is -0.0120. The zero-order valence-corrected chi connectivity index (χ0v) is 29.5. The highest BCUT2D eigenvalue weighted by atomic mass is 31.1. The van der Waals surface area contributed by atoms with Crippen LogP contribution < -0.4 is 27.0 Å². The van der Waals surface area contributed by atoms with Gasteiger partial charge in [0.05, 0.1) is 0 Å². The number of hydrogen-bond donors (Lipinski definition) is 0.